The monoisotopic (exact) mass is 484 g/mol. The number of aliphatic carboxylic acids is 1. The minimum Gasteiger partial charge on any atom is -0.489 e. The van der Waals surface area contributed by atoms with Crippen molar-refractivity contribution in [1.82, 2.24) is 14.1 Å². The number of H-pyrrole nitrogens is 1. The quantitative estimate of drug-likeness (QED) is 0.509. The van der Waals surface area contributed by atoms with Crippen LogP contribution in [0.3, 0.4) is 0 Å². The molecule has 0 atom stereocenters. The fourth-order valence-corrected chi connectivity index (χ4v) is 3.73. The summed E-state index contributed by atoms with van der Waals surface area (Å²) in [6.45, 7) is 1.84. The molecule has 3 aromatic rings. The van der Waals surface area contributed by atoms with Gasteiger partial charge in [-0.3, -0.25) is 14.3 Å². The van der Waals surface area contributed by atoms with Gasteiger partial charge in [0.25, 0.3) is 0 Å². The number of rotatable bonds is 8. The minimum absolute atomic E-state index is 0.0332. The Bertz CT molecular complexity index is 1380. The lowest BCUT2D eigenvalue weighted by molar-refractivity contribution is -0.137. The molecule has 0 spiro atoms. The molecule has 0 bridgehead atoms. The number of hydrogen-bond acceptors (Lipinski definition) is 5. The Hall–Kier alpha value is -3.59. The van der Waals surface area contributed by atoms with Gasteiger partial charge in [-0.2, -0.15) is 0 Å². The van der Waals surface area contributed by atoms with E-state index in [0.29, 0.717) is 16.5 Å². The predicted octanol–water partition coefficient (Wildman–Crippen LogP) is 2.99. The second-order valence-corrected chi connectivity index (χ2v) is 8.71. The van der Waals surface area contributed by atoms with Crippen LogP contribution in [0.15, 0.2) is 57.0 Å². The van der Waals surface area contributed by atoms with Crippen molar-refractivity contribution < 1.29 is 14.6 Å². The number of ether oxygens (including phenoxy) is 1. The summed E-state index contributed by atoms with van der Waals surface area (Å²) >= 11 is 6.38. The zero-order valence-electron chi connectivity index (χ0n) is 18.7. The van der Waals surface area contributed by atoms with E-state index in [1.807, 2.05) is 31.2 Å². The molecule has 0 unspecified atom stereocenters. The summed E-state index contributed by atoms with van der Waals surface area (Å²) in [7, 11) is 0. The van der Waals surface area contributed by atoms with E-state index < -0.39 is 17.3 Å². The molecule has 0 aliphatic heterocycles. The van der Waals surface area contributed by atoms with Crippen LogP contribution in [-0.2, 0) is 17.9 Å². The first kappa shape index (κ1) is 23.6. The molecule has 178 valence electrons. The van der Waals surface area contributed by atoms with Gasteiger partial charge in [-0.1, -0.05) is 41.4 Å². The molecule has 0 saturated heterocycles. The molecule has 4 rings (SSSR count). The third kappa shape index (κ3) is 5.48. The van der Waals surface area contributed by atoms with E-state index in [2.05, 4.69) is 9.98 Å². The smallest absolute Gasteiger partial charge is 0.335 e. The minimum atomic E-state index is -1.11. The number of carboxylic acids is 1. The third-order valence-corrected chi connectivity index (χ3v) is 5.98. The van der Waals surface area contributed by atoms with Gasteiger partial charge in [-0.25, -0.2) is 19.1 Å². The number of benzene rings is 2. The Morgan fingerprint density at radius 3 is 2.53 bits per heavy atom. The number of aromatic nitrogens is 3. The maximum absolute atomic E-state index is 13.2. The molecule has 1 saturated carbocycles. The van der Waals surface area contributed by atoms with E-state index in [0.717, 1.165) is 35.0 Å². The van der Waals surface area contributed by atoms with Crippen LogP contribution in [0.4, 0.5) is 5.69 Å². The maximum atomic E-state index is 13.2. The van der Waals surface area contributed by atoms with Gasteiger partial charge in [0.15, 0.2) is 0 Å². The Morgan fingerprint density at radius 1 is 1.18 bits per heavy atom. The first-order chi connectivity index (χ1) is 16.3. The molecule has 1 heterocycles. The molecular formula is C24H25ClN4O5. The maximum Gasteiger partial charge on any atom is 0.335 e. The van der Waals surface area contributed by atoms with Crippen molar-refractivity contribution in [2.24, 2.45) is 4.99 Å². The molecule has 34 heavy (non-hydrogen) atoms. The molecule has 9 nitrogen and oxygen atoms in total. The van der Waals surface area contributed by atoms with Crippen LogP contribution in [0.25, 0.3) is 0 Å². The molecular weight excluding hydrogens is 460 g/mol. The zero-order valence-corrected chi connectivity index (χ0v) is 19.4. The molecule has 10 heteroatoms. The molecule has 0 amide bonds. The highest BCUT2D eigenvalue weighted by Gasteiger charge is 2.20. The number of nitrogens with zero attached hydrogens (tertiary/aromatic N) is 3. The van der Waals surface area contributed by atoms with E-state index in [-0.39, 0.29) is 31.2 Å². The topological polar surface area (TPSA) is 119 Å². The molecule has 1 aliphatic carbocycles. The van der Waals surface area contributed by atoms with Crippen molar-refractivity contribution in [3.63, 3.8) is 0 Å². The summed E-state index contributed by atoms with van der Waals surface area (Å²) in [5, 5.41) is 9.37. The van der Waals surface area contributed by atoms with Gasteiger partial charge in [-0.05, 0) is 49.9 Å². The summed E-state index contributed by atoms with van der Waals surface area (Å²) in [6.07, 6.45) is 2.96. The lowest BCUT2D eigenvalue weighted by atomic mass is 9.96. The average Bonchev–Trinajstić information content (AvgIpc) is 2.75. The van der Waals surface area contributed by atoms with Gasteiger partial charge in [0.05, 0.1) is 29.8 Å². The van der Waals surface area contributed by atoms with E-state index >= 15 is 0 Å². The number of carboxylic acid groups (broad SMARTS) is 1. The lowest BCUT2D eigenvalue weighted by Gasteiger charge is -2.26. The molecule has 1 aliphatic rings. The summed E-state index contributed by atoms with van der Waals surface area (Å²) in [5.41, 5.74) is 0.968. The fourth-order valence-electron chi connectivity index (χ4n) is 3.51. The third-order valence-electron chi connectivity index (χ3n) is 5.69. The number of nitrogens with one attached hydrogen (secondary N) is 1. The van der Waals surface area contributed by atoms with Crippen LogP contribution < -0.4 is 21.7 Å². The standard InChI is InChI=1S/C24H25ClN4O5/c1-15-5-7-16(8-6-15)14-29-22(27-23(32)28(24(29)33)12-11-21(30)31)26-17-9-10-20(19(25)13-17)34-18-3-2-4-18/h5-10,13,18H,2-4,11-12,14H2,1H3,(H,30,31)(H,26,27,32). The lowest BCUT2D eigenvalue weighted by Crippen LogP contribution is -2.50. The van der Waals surface area contributed by atoms with Crippen LogP contribution in [0.5, 0.6) is 5.75 Å². The normalized spacial score (nSPS) is 14.1. The second-order valence-electron chi connectivity index (χ2n) is 8.30. The number of aromatic amines is 1. The summed E-state index contributed by atoms with van der Waals surface area (Å²) in [5.74, 6) is -0.542. The first-order valence-electron chi connectivity index (χ1n) is 11.0. The number of hydrogen-bond donors (Lipinski definition) is 2. The van der Waals surface area contributed by atoms with Gasteiger partial charge in [-0.15, -0.1) is 0 Å². The van der Waals surface area contributed by atoms with Crippen LogP contribution in [0.1, 0.15) is 36.8 Å². The van der Waals surface area contributed by atoms with E-state index in [9.17, 15) is 14.4 Å². The summed E-state index contributed by atoms with van der Waals surface area (Å²) < 4.78 is 8.03. The van der Waals surface area contributed by atoms with Crippen molar-refractivity contribution in [1.29, 1.82) is 0 Å². The highest BCUT2D eigenvalue weighted by molar-refractivity contribution is 6.32. The van der Waals surface area contributed by atoms with Gasteiger partial charge < -0.3 is 9.84 Å². The van der Waals surface area contributed by atoms with Crippen molar-refractivity contribution in [2.45, 2.75) is 51.8 Å². The highest BCUT2D eigenvalue weighted by Crippen LogP contribution is 2.32. The van der Waals surface area contributed by atoms with Gasteiger partial charge in [0, 0.05) is 6.54 Å². The molecule has 2 N–H and O–H groups in total. The van der Waals surface area contributed by atoms with Crippen LogP contribution >= 0.6 is 11.6 Å². The van der Waals surface area contributed by atoms with Crippen molar-refractivity contribution in [3.8, 4) is 5.75 Å². The second kappa shape index (κ2) is 10.1. The molecule has 2 aromatic carbocycles. The van der Waals surface area contributed by atoms with E-state index in [1.165, 1.54) is 4.57 Å². The van der Waals surface area contributed by atoms with E-state index in [4.69, 9.17) is 21.4 Å². The van der Waals surface area contributed by atoms with Crippen molar-refractivity contribution in [2.75, 3.05) is 0 Å². The predicted molar refractivity (Wildman–Crippen MR) is 127 cm³/mol. The Morgan fingerprint density at radius 2 is 1.91 bits per heavy atom. The Balaban J connectivity index is 1.76. The fraction of sp³-hybridized carbons (Fsp3) is 0.333. The summed E-state index contributed by atoms with van der Waals surface area (Å²) in [6, 6.07) is 12.6. The number of carbonyl (C=O) groups is 1. The average molecular weight is 485 g/mol. The van der Waals surface area contributed by atoms with Crippen LogP contribution in [-0.4, -0.2) is 31.3 Å². The zero-order chi connectivity index (χ0) is 24.2. The van der Waals surface area contributed by atoms with Crippen LogP contribution in [0, 0.1) is 6.92 Å². The largest absolute Gasteiger partial charge is 0.489 e. The van der Waals surface area contributed by atoms with Gasteiger partial charge >= 0.3 is 17.3 Å². The highest BCUT2D eigenvalue weighted by atomic mass is 35.5. The molecule has 1 fully saturated rings. The molecule has 0 radical (unpaired) electrons. The number of halogens is 1. The van der Waals surface area contributed by atoms with E-state index in [1.54, 1.807) is 18.2 Å². The first-order valence-corrected chi connectivity index (χ1v) is 11.4. The SMILES string of the molecule is Cc1ccc(Cn2c(=O)n(CCC(=O)O)c(=O)[nH]/c2=N\c2ccc(OC3CCC3)c(Cl)c2)cc1. The van der Waals surface area contributed by atoms with Crippen molar-refractivity contribution in [3.05, 3.63) is 85.2 Å². The van der Waals surface area contributed by atoms with Gasteiger partial charge in [0.2, 0.25) is 5.62 Å². The van der Waals surface area contributed by atoms with Crippen molar-refractivity contribution >= 4 is 23.3 Å². The Labute approximate surface area is 199 Å². The van der Waals surface area contributed by atoms with Gasteiger partial charge in [0.1, 0.15) is 5.75 Å². The molecule has 1 aromatic heterocycles. The van der Waals surface area contributed by atoms with Crippen LogP contribution in [0.2, 0.25) is 5.02 Å². The number of aryl methyl sites for hydroxylation is 1. The summed E-state index contributed by atoms with van der Waals surface area (Å²) in [4.78, 5) is 43.8. The Kier molecular flexibility index (Phi) is 7.02.